The van der Waals surface area contributed by atoms with Gasteiger partial charge in [-0.1, -0.05) is 115 Å². The molecule has 4 atom stereocenters. The Labute approximate surface area is 269 Å². The van der Waals surface area contributed by atoms with Crippen molar-refractivity contribution in [1.82, 2.24) is 4.98 Å². The average Bonchev–Trinajstić information content (AvgIpc) is 3.64. The van der Waals surface area contributed by atoms with Crippen LogP contribution in [0.2, 0.25) is 0 Å². The minimum Gasteiger partial charge on any atom is -0.333 e. The molecule has 0 radical (unpaired) electrons. The van der Waals surface area contributed by atoms with Crippen LogP contribution in [0.1, 0.15) is 35.8 Å². The zero-order valence-electron chi connectivity index (χ0n) is 25.5. The maximum absolute atomic E-state index is 5.17. The molecule has 5 aromatic rings. The van der Waals surface area contributed by atoms with Crippen molar-refractivity contribution in [2.75, 3.05) is 9.80 Å². The largest absolute Gasteiger partial charge is 0.333 e. The smallest absolute Gasteiger partial charge is 0.134 e. The Kier molecular flexibility index (Phi) is 5.65. The number of nitrogens with zero attached hydrogens (tertiary/aromatic N) is 3. The molecule has 3 heteroatoms. The maximum atomic E-state index is 5.17. The van der Waals surface area contributed by atoms with Gasteiger partial charge >= 0.3 is 0 Å². The van der Waals surface area contributed by atoms with Gasteiger partial charge in [-0.2, -0.15) is 0 Å². The number of benzene rings is 4. The number of fused-ring (bicyclic) bond motifs is 9. The lowest BCUT2D eigenvalue weighted by Crippen LogP contribution is -2.35. The summed E-state index contributed by atoms with van der Waals surface area (Å²) in [7, 11) is 0. The quantitative estimate of drug-likeness (QED) is 0.210. The number of pyridine rings is 1. The van der Waals surface area contributed by atoms with Crippen LogP contribution in [-0.4, -0.2) is 17.1 Å². The number of para-hydroxylation sites is 2. The van der Waals surface area contributed by atoms with Crippen LogP contribution in [-0.2, 0) is 0 Å². The third-order valence-electron chi connectivity index (χ3n) is 10.5. The molecule has 220 valence electrons. The molecule has 0 saturated heterocycles. The molecule has 0 saturated carbocycles. The Bertz CT molecular complexity index is 2310. The molecule has 3 nitrogen and oxygen atoms in total. The number of anilines is 4. The van der Waals surface area contributed by atoms with Crippen LogP contribution in [0.4, 0.5) is 22.9 Å². The molecule has 1 aromatic heterocycles. The van der Waals surface area contributed by atoms with Crippen molar-refractivity contribution >= 4 is 45.8 Å². The van der Waals surface area contributed by atoms with E-state index in [0.717, 1.165) is 24.0 Å². The normalized spacial score (nSPS) is 23.4. The second-order valence-electron chi connectivity index (χ2n) is 13.0. The molecular weight excluding hydrogens is 558 g/mol. The zero-order valence-corrected chi connectivity index (χ0v) is 25.5. The molecule has 46 heavy (non-hydrogen) atoms. The minimum atomic E-state index is 0.199. The Morgan fingerprint density at radius 1 is 0.587 bits per heavy atom. The van der Waals surface area contributed by atoms with E-state index in [1.165, 1.54) is 55.3 Å². The summed E-state index contributed by atoms with van der Waals surface area (Å²) in [5.41, 5.74) is 9.21. The van der Waals surface area contributed by atoms with Crippen LogP contribution >= 0.6 is 0 Å². The van der Waals surface area contributed by atoms with Gasteiger partial charge in [0.05, 0.1) is 17.4 Å². The number of rotatable bonds is 3. The summed E-state index contributed by atoms with van der Waals surface area (Å²) in [6, 6.07) is 38.1. The third kappa shape index (κ3) is 3.81. The van der Waals surface area contributed by atoms with Gasteiger partial charge in [-0.3, -0.25) is 0 Å². The van der Waals surface area contributed by atoms with Crippen LogP contribution in [0.15, 0.2) is 151 Å². The summed E-state index contributed by atoms with van der Waals surface area (Å²) in [6.07, 6.45) is 21.3. The Hall–Kier alpha value is -5.41. The average molecular weight is 592 g/mol. The van der Waals surface area contributed by atoms with E-state index in [1.54, 1.807) is 0 Å². The van der Waals surface area contributed by atoms with Gasteiger partial charge in [0.1, 0.15) is 5.82 Å². The minimum absolute atomic E-state index is 0.199. The fourth-order valence-electron chi connectivity index (χ4n) is 8.48. The lowest BCUT2D eigenvalue weighted by molar-refractivity contribution is 0.727. The van der Waals surface area contributed by atoms with Gasteiger partial charge in [0.25, 0.3) is 0 Å². The first-order chi connectivity index (χ1) is 22.8. The van der Waals surface area contributed by atoms with Crippen molar-refractivity contribution in [2.24, 2.45) is 0 Å². The topological polar surface area (TPSA) is 19.4 Å². The van der Waals surface area contributed by atoms with E-state index in [-0.39, 0.29) is 23.9 Å². The van der Waals surface area contributed by atoms with Crippen molar-refractivity contribution in [3.05, 3.63) is 172 Å². The molecule has 4 aromatic carbocycles. The van der Waals surface area contributed by atoms with E-state index >= 15 is 0 Å². The highest BCUT2D eigenvalue weighted by molar-refractivity contribution is 5.95. The van der Waals surface area contributed by atoms with Crippen LogP contribution in [0.5, 0.6) is 0 Å². The molecule has 10 rings (SSSR count). The van der Waals surface area contributed by atoms with Crippen molar-refractivity contribution in [3.63, 3.8) is 0 Å². The fourth-order valence-corrected chi connectivity index (χ4v) is 8.48. The molecular formula is C43H33N3. The predicted octanol–water partition coefficient (Wildman–Crippen LogP) is 8.49. The summed E-state index contributed by atoms with van der Waals surface area (Å²) in [5, 5.41) is 5.01. The summed E-state index contributed by atoms with van der Waals surface area (Å²) in [6.45, 7) is 0. The number of hydrogen-bond donors (Lipinski definition) is 0. The second kappa shape index (κ2) is 10.1. The Balaban J connectivity index is 1.06. The van der Waals surface area contributed by atoms with Crippen molar-refractivity contribution in [1.29, 1.82) is 0 Å². The van der Waals surface area contributed by atoms with E-state index in [0.29, 0.717) is 0 Å². The fraction of sp³-hybridized carbons (Fsp3) is 0.140. The first-order valence-electron chi connectivity index (χ1n) is 16.5. The number of aromatic nitrogens is 1. The summed E-state index contributed by atoms with van der Waals surface area (Å²) < 4.78 is 0. The molecule has 3 aliphatic carbocycles. The van der Waals surface area contributed by atoms with Crippen molar-refractivity contribution < 1.29 is 0 Å². The van der Waals surface area contributed by atoms with E-state index in [9.17, 15) is 0 Å². The lowest BCUT2D eigenvalue weighted by Gasteiger charge is -2.31. The predicted molar refractivity (Wildman–Crippen MR) is 190 cm³/mol. The molecule has 0 amide bonds. The van der Waals surface area contributed by atoms with Gasteiger partial charge in [-0.15, -0.1) is 0 Å². The molecule has 5 aliphatic rings. The Morgan fingerprint density at radius 3 is 2.22 bits per heavy atom. The zero-order chi connectivity index (χ0) is 30.2. The maximum Gasteiger partial charge on any atom is 0.134 e. The van der Waals surface area contributed by atoms with E-state index in [2.05, 4.69) is 162 Å². The number of allylic oxidation sites excluding steroid dienone is 4. The van der Waals surface area contributed by atoms with Crippen LogP contribution in [0.25, 0.3) is 22.9 Å². The van der Waals surface area contributed by atoms with E-state index < -0.39 is 0 Å². The van der Waals surface area contributed by atoms with Gasteiger partial charge in [0.2, 0.25) is 0 Å². The Morgan fingerprint density at radius 2 is 1.33 bits per heavy atom. The molecule has 0 N–H and O–H groups in total. The summed E-state index contributed by atoms with van der Waals surface area (Å²) in [5.74, 6) is 1.55. The van der Waals surface area contributed by atoms with Crippen molar-refractivity contribution in [2.45, 2.75) is 36.8 Å². The van der Waals surface area contributed by atoms with Crippen molar-refractivity contribution in [3.8, 4) is 0 Å². The molecule has 2 aliphatic heterocycles. The van der Waals surface area contributed by atoms with Gasteiger partial charge in [0, 0.05) is 28.9 Å². The monoisotopic (exact) mass is 591 g/mol. The third-order valence-corrected chi connectivity index (χ3v) is 10.5. The molecule has 0 spiro atoms. The molecule has 4 unspecified atom stereocenters. The number of hydrogen-bond acceptors (Lipinski definition) is 3. The standard InChI is InChI=1S/C43H33N3/c1-2-12-32(13-3-1)45-40-23-20-31(27-36(40)43-33-14-6-4-10-28(33)18-24-41(43)45)30-19-22-39-35(26-30)34-15-7-9-17-38(34)46(39)42-25-21-29-11-5-8-16-37(29)44-42/h1-4,6-7,9-27,35-36,39-40H,5,8H2. The first kappa shape index (κ1) is 25.9. The SMILES string of the molecule is C1=CC2C(C=C1C1=CC3c4ccccc4N(c4ccc5c(n4)=CCCC=5)C3C=C1)c1c(ccc3ccccc13)N2c1ccccc1. The van der Waals surface area contributed by atoms with Crippen LogP contribution < -0.4 is 20.4 Å². The first-order valence-corrected chi connectivity index (χ1v) is 16.5. The van der Waals surface area contributed by atoms with Gasteiger partial charge < -0.3 is 9.80 Å². The molecule has 3 heterocycles. The highest BCUT2D eigenvalue weighted by Crippen LogP contribution is 2.52. The van der Waals surface area contributed by atoms with Crippen LogP contribution in [0, 0.1) is 0 Å². The lowest BCUT2D eigenvalue weighted by atomic mass is 9.81. The molecule has 0 bridgehead atoms. The molecule has 0 fully saturated rings. The summed E-state index contributed by atoms with van der Waals surface area (Å²) >= 11 is 0. The highest BCUT2D eigenvalue weighted by Gasteiger charge is 2.41. The second-order valence-corrected chi connectivity index (χ2v) is 13.0. The van der Waals surface area contributed by atoms with Gasteiger partial charge in [-0.05, 0) is 87.5 Å². The summed E-state index contributed by atoms with van der Waals surface area (Å²) in [4.78, 5) is 10.1. The van der Waals surface area contributed by atoms with Crippen LogP contribution in [0.3, 0.4) is 0 Å². The van der Waals surface area contributed by atoms with E-state index in [1.807, 2.05) is 0 Å². The van der Waals surface area contributed by atoms with E-state index in [4.69, 9.17) is 4.98 Å². The highest BCUT2D eigenvalue weighted by atomic mass is 15.2. The van der Waals surface area contributed by atoms with Gasteiger partial charge in [0.15, 0.2) is 0 Å². The van der Waals surface area contributed by atoms with Gasteiger partial charge in [-0.25, -0.2) is 4.98 Å².